The van der Waals surface area contributed by atoms with Crippen LogP contribution in [0, 0.1) is 0 Å². The van der Waals surface area contributed by atoms with E-state index in [1.807, 2.05) is 54.7 Å². The van der Waals surface area contributed by atoms with Crippen molar-refractivity contribution in [1.29, 1.82) is 0 Å². The highest BCUT2D eigenvalue weighted by atomic mass is 15.2. The molecule has 0 atom stereocenters. The number of hydrogen-bond acceptors (Lipinski definition) is 4. The van der Waals surface area contributed by atoms with Crippen LogP contribution in [0.15, 0.2) is 73.1 Å². The first kappa shape index (κ1) is 15.0. The molecule has 0 bridgehead atoms. The van der Waals surface area contributed by atoms with Gasteiger partial charge in [0.05, 0.1) is 5.69 Å². The van der Waals surface area contributed by atoms with Crippen LogP contribution in [0.1, 0.15) is 11.3 Å². The van der Waals surface area contributed by atoms with Crippen molar-refractivity contribution in [3.05, 3.63) is 84.3 Å². The Labute approximate surface area is 136 Å². The topological polar surface area (TPSA) is 55.0 Å². The first-order chi connectivity index (χ1) is 11.3. The zero-order chi connectivity index (χ0) is 15.9. The lowest BCUT2D eigenvalue weighted by molar-refractivity contribution is 0.759. The second kappa shape index (κ2) is 7.40. The van der Waals surface area contributed by atoms with Crippen molar-refractivity contribution < 1.29 is 0 Å². The number of nitrogens with zero attached hydrogens (tertiary/aromatic N) is 3. The molecule has 0 saturated heterocycles. The second-order valence-electron chi connectivity index (χ2n) is 5.39. The molecule has 0 saturated carbocycles. The number of anilines is 2. The zero-order valence-corrected chi connectivity index (χ0v) is 13.0. The van der Waals surface area contributed by atoms with Crippen LogP contribution in [0.25, 0.3) is 0 Å². The van der Waals surface area contributed by atoms with E-state index in [2.05, 4.69) is 27.0 Å². The van der Waals surface area contributed by atoms with Gasteiger partial charge in [-0.3, -0.25) is 4.98 Å². The Balaban J connectivity index is 1.80. The number of nitrogens with two attached hydrogens (primary N) is 1. The van der Waals surface area contributed by atoms with E-state index in [9.17, 15) is 0 Å². The van der Waals surface area contributed by atoms with E-state index < -0.39 is 0 Å². The average molecular weight is 304 g/mol. The largest absolute Gasteiger partial charge is 0.396 e. The highest BCUT2D eigenvalue weighted by Gasteiger charge is 2.12. The quantitative estimate of drug-likeness (QED) is 0.759. The fraction of sp³-hybridized carbons (Fsp3) is 0.158. The smallest absolute Gasteiger partial charge is 0.152 e. The zero-order valence-electron chi connectivity index (χ0n) is 13.0. The van der Waals surface area contributed by atoms with Crippen molar-refractivity contribution in [2.45, 2.75) is 13.0 Å². The predicted octanol–water partition coefficient (Wildman–Crippen LogP) is 3.31. The number of pyridine rings is 2. The molecule has 0 aliphatic heterocycles. The maximum atomic E-state index is 6.12. The Morgan fingerprint density at radius 2 is 1.61 bits per heavy atom. The molecule has 2 aromatic heterocycles. The molecule has 23 heavy (non-hydrogen) atoms. The Morgan fingerprint density at radius 3 is 2.35 bits per heavy atom. The summed E-state index contributed by atoms with van der Waals surface area (Å²) in [6.07, 6.45) is 4.46. The Kier molecular flexibility index (Phi) is 4.84. The van der Waals surface area contributed by atoms with Crippen molar-refractivity contribution in [3.63, 3.8) is 0 Å². The molecule has 0 spiro atoms. The van der Waals surface area contributed by atoms with Gasteiger partial charge in [-0.15, -0.1) is 0 Å². The van der Waals surface area contributed by atoms with Crippen LogP contribution in [-0.2, 0) is 13.0 Å². The van der Waals surface area contributed by atoms with E-state index in [0.29, 0.717) is 5.69 Å². The van der Waals surface area contributed by atoms with Crippen LogP contribution in [-0.4, -0.2) is 16.5 Å². The maximum absolute atomic E-state index is 6.12. The standard InChI is InChI=1S/C19H20N4/c20-18-10-6-13-22-19(18)23(15-16-7-2-1-3-8-16)14-11-17-9-4-5-12-21-17/h1-10,12-13H,11,14-15,20H2. The van der Waals surface area contributed by atoms with Crippen molar-refractivity contribution in [2.75, 3.05) is 17.2 Å². The minimum absolute atomic E-state index is 0.699. The molecular weight excluding hydrogens is 284 g/mol. The molecule has 3 rings (SSSR count). The van der Waals surface area contributed by atoms with Gasteiger partial charge in [0.1, 0.15) is 0 Å². The summed E-state index contributed by atoms with van der Waals surface area (Å²) < 4.78 is 0. The van der Waals surface area contributed by atoms with Crippen LogP contribution < -0.4 is 10.6 Å². The molecule has 4 heteroatoms. The monoisotopic (exact) mass is 304 g/mol. The summed E-state index contributed by atoms with van der Waals surface area (Å²) >= 11 is 0. The van der Waals surface area contributed by atoms with Gasteiger partial charge in [-0.05, 0) is 29.8 Å². The van der Waals surface area contributed by atoms with E-state index in [1.165, 1.54) is 5.56 Å². The predicted molar refractivity (Wildman–Crippen MR) is 94.1 cm³/mol. The normalized spacial score (nSPS) is 10.4. The minimum Gasteiger partial charge on any atom is -0.396 e. The SMILES string of the molecule is Nc1cccnc1N(CCc1ccccn1)Cc1ccccc1. The Morgan fingerprint density at radius 1 is 0.826 bits per heavy atom. The van der Waals surface area contributed by atoms with Crippen molar-refractivity contribution in [1.82, 2.24) is 9.97 Å². The van der Waals surface area contributed by atoms with Gasteiger partial charge < -0.3 is 10.6 Å². The van der Waals surface area contributed by atoms with Gasteiger partial charge in [-0.1, -0.05) is 36.4 Å². The van der Waals surface area contributed by atoms with Crippen LogP contribution in [0.3, 0.4) is 0 Å². The average Bonchev–Trinajstić information content (AvgIpc) is 2.61. The number of rotatable bonds is 6. The molecule has 2 N–H and O–H groups in total. The molecule has 0 aliphatic carbocycles. The van der Waals surface area contributed by atoms with Crippen molar-refractivity contribution in [3.8, 4) is 0 Å². The van der Waals surface area contributed by atoms with Gasteiger partial charge in [0.25, 0.3) is 0 Å². The molecule has 0 amide bonds. The van der Waals surface area contributed by atoms with Crippen LogP contribution in [0.5, 0.6) is 0 Å². The van der Waals surface area contributed by atoms with Gasteiger partial charge in [0.15, 0.2) is 5.82 Å². The summed E-state index contributed by atoms with van der Waals surface area (Å²) in [4.78, 5) is 11.1. The third-order valence-corrected chi connectivity index (χ3v) is 3.70. The number of aromatic nitrogens is 2. The maximum Gasteiger partial charge on any atom is 0.152 e. The molecule has 116 valence electrons. The Bertz CT molecular complexity index is 729. The summed E-state index contributed by atoms with van der Waals surface area (Å²) in [5.74, 6) is 0.826. The molecular formula is C19H20N4. The fourth-order valence-corrected chi connectivity index (χ4v) is 2.53. The van der Waals surface area contributed by atoms with Crippen molar-refractivity contribution >= 4 is 11.5 Å². The third kappa shape index (κ3) is 4.07. The van der Waals surface area contributed by atoms with E-state index in [4.69, 9.17) is 5.73 Å². The van der Waals surface area contributed by atoms with E-state index >= 15 is 0 Å². The van der Waals surface area contributed by atoms with Crippen molar-refractivity contribution in [2.24, 2.45) is 0 Å². The lowest BCUT2D eigenvalue weighted by atomic mass is 10.2. The third-order valence-electron chi connectivity index (χ3n) is 3.70. The summed E-state index contributed by atoms with van der Waals surface area (Å²) in [6, 6.07) is 20.1. The fourth-order valence-electron chi connectivity index (χ4n) is 2.53. The molecule has 0 aliphatic rings. The first-order valence-corrected chi connectivity index (χ1v) is 7.72. The molecule has 0 radical (unpaired) electrons. The number of nitrogen functional groups attached to an aromatic ring is 1. The number of benzene rings is 1. The minimum atomic E-state index is 0.699. The van der Waals surface area contributed by atoms with E-state index in [-0.39, 0.29) is 0 Å². The van der Waals surface area contributed by atoms with E-state index in [0.717, 1.165) is 31.0 Å². The molecule has 0 unspecified atom stereocenters. The molecule has 2 heterocycles. The summed E-state index contributed by atoms with van der Waals surface area (Å²) in [6.45, 7) is 1.59. The highest BCUT2D eigenvalue weighted by Crippen LogP contribution is 2.21. The van der Waals surface area contributed by atoms with Gasteiger partial charge >= 0.3 is 0 Å². The van der Waals surface area contributed by atoms with Gasteiger partial charge in [-0.2, -0.15) is 0 Å². The van der Waals surface area contributed by atoms with Gasteiger partial charge in [-0.25, -0.2) is 4.98 Å². The van der Waals surface area contributed by atoms with Gasteiger partial charge in [0, 0.05) is 37.6 Å². The lowest BCUT2D eigenvalue weighted by Gasteiger charge is -2.25. The summed E-state index contributed by atoms with van der Waals surface area (Å²) in [5.41, 5.74) is 9.13. The highest BCUT2D eigenvalue weighted by molar-refractivity contribution is 5.62. The lowest BCUT2D eigenvalue weighted by Crippen LogP contribution is -2.27. The summed E-state index contributed by atoms with van der Waals surface area (Å²) in [5, 5.41) is 0. The van der Waals surface area contributed by atoms with Gasteiger partial charge in [0.2, 0.25) is 0 Å². The summed E-state index contributed by atoms with van der Waals surface area (Å²) in [7, 11) is 0. The first-order valence-electron chi connectivity index (χ1n) is 7.72. The van der Waals surface area contributed by atoms with Crippen LogP contribution >= 0.6 is 0 Å². The van der Waals surface area contributed by atoms with Crippen LogP contribution in [0.4, 0.5) is 11.5 Å². The molecule has 3 aromatic rings. The molecule has 0 fully saturated rings. The Hall–Kier alpha value is -2.88. The number of hydrogen-bond donors (Lipinski definition) is 1. The molecule has 4 nitrogen and oxygen atoms in total. The molecule has 1 aromatic carbocycles. The van der Waals surface area contributed by atoms with Crippen LogP contribution in [0.2, 0.25) is 0 Å². The van der Waals surface area contributed by atoms with E-state index in [1.54, 1.807) is 6.20 Å². The second-order valence-corrected chi connectivity index (χ2v) is 5.39.